The Labute approximate surface area is 101 Å². The third kappa shape index (κ3) is 3.44. The minimum Gasteiger partial charge on any atom is -0.505 e. The zero-order valence-electron chi connectivity index (χ0n) is 9.16. The van der Waals surface area contributed by atoms with Crippen molar-refractivity contribution >= 4 is 17.8 Å². The zero-order chi connectivity index (χ0) is 13.7. The fourth-order valence-corrected chi connectivity index (χ4v) is 1.22. The van der Waals surface area contributed by atoms with E-state index in [0.717, 1.165) is 6.20 Å². The topological polar surface area (TPSA) is 143 Å². The van der Waals surface area contributed by atoms with Crippen LogP contribution in [0.25, 0.3) is 0 Å². The summed E-state index contributed by atoms with van der Waals surface area (Å²) in [4.78, 5) is 36.7. The summed E-state index contributed by atoms with van der Waals surface area (Å²) in [6.07, 6.45) is 1.77. The highest BCUT2D eigenvalue weighted by atomic mass is 16.4. The van der Waals surface area contributed by atoms with E-state index in [9.17, 15) is 19.5 Å². The van der Waals surface area contributed by atoms with Crippen LogP contribution in [0.4, 0.5) is 0 Å². The van der Waals surface area contributed by atoms with Crippen LogP contribution in [0, 0.1) is 0 Å². The van der Waals surface area contributed by atoms with Crippen molar-refractivity contribution in [3.05, 3.63) is 24.0 Å². The molecule has 96 valence electrons. The Morgan fingerprint density at radius 1 is 1.44 bits per heavy atom. The van der Waals surface area contributed by atoms with Crippen molar-refractivity contribution in [2.45, 2.75) is 12.5 Å². The van der Waals surface area contributed by atoms with E-state index in [1.54, 1.807) is 0 Å². The fourth-order valence-electron chi connectivity index (χ4n) is 1.22. The lowest BCUT2D eigenvalue weighted by atomic mass is 10.1. The summed E-state index contributed by atoms with van der Waals surface area (Å²) in [5.74, 6) is -3.47. The molecule has 0 spiro atoms. The first-order valence-corrected chi connectivity index (χ1v) is 4.86. The van der Waals surface area contributed by atoms with Crippen LogP contribution in [0.3, 0.4) is 0 Å². The normalized spacial score (nSPS) is 11.6. The number of primary amides is 1. The van der Waals surface area contributed by atoms with Crippen LogP contribution >= 0.6 is 0 Å². The molecule has 0 fully saturated rings. The maximum Gasteiger partial charge on any atom is 0.326 e. The van der Waals surface area contributed by atoms with Crippen LogP contribution in [0.2, 0.25) is 0 Å². The number of pyridine rings is 1. The highest BCUT2D eigenvalue weighted by Gasteiger charge is 2.23. The van der Waals surface area contributed by atoms with Crippen molar-refractivity contribution in [2.75, 3.05) is 0 Å². The molecule has 0 radical (unpaired) electrons. The monoisotopic (exact) mass is 253 g/mol. The number of aromatic hydroxyl groups is 1. The van der Waals surface area contributed by atoms with Crippen molar-refractivity contribution in [3.63, 3.8) is 0 Å². The zero-order valence-corrected chi connectivity index (χ0v) is 9.16. The molecule has 2 amide bonds. The number of nitrogens with one attached hydrogen (secondary N) is 1. The van der Waals surface area contributed by atoms with Crippen LogP contribution < -0.4 is 11.1 Å². The highest BCUT2D eigenvalue weighted by Crippen LogP contribution is 2.13. The predicted octanol–water partition coefficient (Wildman–Crippen LogP) is -1.15. The van der Waals surface area contributed by atoms with Gasteiger partial charge in [-0.25, -0.2) is 4.79 Å². The van der Waals surface area contributed by atoms with Gasteiger partial charge in [-0.2, -0.15) is 0 Å². The summed E-state index contributed by atoms with van der Waals surface area (Å²) in [6, 6.07) is -0.226. The molecule has 1 rings (SSSR count). The van der Waals surface area contributed by atoms with Gasteiger partial charge in [0.1, 0.15) is 11.8 Å². The minimum atomic E-state index is -1.44. The summed E-state index contributed by atoms with van der Waals surface area (Å²) in [5.41, 5.74) is 4.72. The second-order valence-electron chi connectivity index (χ2n) is 3.43. The molecule has 0 aromatic carbocycles. The Morgan fingerprint density at radius 2 is 2.11 bits per heavy atom. The SMILES string of the molecule is NC(=O)C[C@@H](NC(=O)c1ccncc1O)C(=O)O. The molecule has 0 aliphatic rings. The summed E-state index contributed by atoms with van der Waals surface area (Å²) in [5, 5.41) is 20.2. The minimum absolute atomic E-state index is 0.138. The first-order valence-electron chi connectivity index (χ1n) is 4.86. The van der Waals surface area contributed by atoms with Crippen molar-refractivity contribution in [1.29, 1.82) is 0 Å². The Balaban J connectivity index is 2.82. The van der Waals surface area contributed by atoms with E-state index in [1.807, 2.05) is 0 Å². The molecule has 1 heterocycles. The third-order valence-corrected chi connectivity index (χ3v) is 2.05. The van der Waals surface area contributed by atoms with Gasteiger partial charge in [0.15, 0.2) is 0 Å². The summed E-state index contributed by atoms with van der Waals surface area (Å²) in [6.45, 7) is 0. The maximum atomic E-state index is 11.6. The second kappa shape index (κ2) is 5.62. The van der Waals surface area contributed by atoms with Crippen LogP contribution in [0.1, 0.15) is 16.8 Å². The van der Waals surface area contributed by atoms with Gasteiger partial charge in [-0.05, 0) is 6.07 Å². The molecule has 1 aromatic rings. The number of carboxylic acids is 1. The van der Waals surface area contributed by atoms with Gasteiger partial charge in [0, 0.05) is 6.20 Å². The van der Waals surface area contributed by atoms with E-state index in [-0.39, 0.29) is 5.56 Å². The van der Waals surface area contributed by atoms with Crippen LogP contribution in [-0.4, -0.2) is 39.0 Å². The molecule has 1 atom stereocenters. The summed E-state index contributed by atoms with van der Waals surface area (Å²) < 4.78 is 0. The number of carbonyl (C=O) groups excluding carboxylic acids is 2. The Morgan fingerprint density at radius 3 is 2.61 bits per heavy atom. The molecular weight excluding hydrogens is 242 g/mol. The molecule has 0 aliphatic heterocycles. The lowest BCUT2D eigenvalue weighted by molar-refractivity contribution is -0.140. The van der Waals surface area contributed by atoms with Crippen molar-refractivity contribution in [2.24, 2.45) is 5.73 Å². The van der Waals surface area contributed by atoms with E-state index < -0.39 is 36.0 Å². The van der Waals surface area contributed by atoms with Crippen molar-refractivity contribution < 1.29 is 24.6 Å². The third-order valence-electron chi connectivity index (χ3n) is 2.05. The quantitative estimate of drug-likeness (QED) is 0.521. The molecule has 0 bridgehead atoms. The molecule has 1 aromatic heterocycles. The van der Waals surface area contributed by atoms with Crippen LogP contribution in [0.5, 0.6) is 5.75 Å². The number of carboxylic acid groups (broad SMARTS) is 1. The Hall–Kier alpha value is -2.64. The van der Waals surface area contributed by atoms with E-state index in [4.69, 9.17) is 10.8 Å². The predicted molar refractivity (Wildman–Crippen MR) is 58.6 cm³/mol. The van der Waals surface area contributed by atoms with E-state index in [0.29, 0.717) is 0 Å². The van der Waals surface area contributed by atoms with Crippen molar-refractivity contribution in [3.8, 4) is 5.75 Å². The molecule has 8 nitrogen and oxygen atoms in total. The first kappa shape index (κ1) is 13.4. The van der Waals surface area contributed by atoms with Gasteiger partial charge in [-0.3, -0.25) is 14.6 Å². The largest absolute Gasteiger partial charge is 0.505 e. The second-order valence-corrected chi connectivity index (χ2v) is 3.43. The van der Waals surface area contributed by atoms with E-state index in [1.165, 1.54) is 12.3 Å². The van der Waals surface area contributed by atoms with Gasteiger partial charge >= 0.3 is 5.97 Å². The van der Waals surface area contributed by atoms with E-state index in [2.05, 4.69) is 10.3 Å². The number of aliphatic carboxylic acids is 1. The Bertz CT molecular complexity index is 488. The number of nitrogens with two attached hydrogens (primary N) is 1. The summed E-state index contributed by atoms with van der Waals surface area (Å²) >= 11 is 0. The number of aromatic nitrogens is 1. The maximum absolute atomic E-state index is 11.6. The lowest BCUT2D eigenvalue weighted by Crippen LogP contribution is -2.43. The fraction of sp³-hybridized carbons (Fsp3) is 0.200. The van der Waals surface area contributed by atoms with Crippen LogP contribution in [0.15, 0.2) is 18.5 Å². The molecule has 18 heavy (non-hydrogen) atoms. The number of hydrogen-bond donors (Lipinski definition) is 4. The molecule has 0 saturated carbocycles. The number of hydrogen-bond acceptors (Lipinski definition) is 5. The Kier molecular flexibility index (Phi) is 4.19. The standard InChI is InChI=1S/C10H11N3O5/c11-8(15)3-6(10(17)18)13-9(16)5-1-2-12-4-7(5)14/h1-2,4,6,14H,3H2,(H2,11,15)(H,13,16)(H,17,18)/t6-/m1/s1. The highest BCUT2D eigenvalue weighted by molar-refractivity contribution is 5.99. The van der Waals surface area contributed by atoms with Gasteiger partial charge in [0.2, 0.25) is 5.91 Å². The molecule has 0 saturated heterocycles. The van der Waals surface area contributed by atoms with Crippen LogP contribution in [-0.2, 0) is 9.59 Å². The van der Waals surface area contributed by atoms with Gasteiger partial charge in [0.25, 0.3) is 5.91 Å². The molecular formula is C10H11N3O5. The van der Waals surface area contributed by atoms with E-state index >= 15 is 0 Å². The number of nitrogens with zero attached hydrogens (tertiary/aromatic N) is 1. The number of amides is 2. The molecule has 0 aliphatic carbocycles. The number of rotatable bonds is 5. The van der Waals surface area contributed by atoms with Gasteiger partial charge < -0.3 is 21.3 Å². The average Bonchev–Trinajstić information content (AvgIpc) is 2.27. The lowest BCUT2D eigenvalue weighted by Gasteiger charge is -2.13. The summed E-state index contributed by atoms with van der Waals surface area (Å²) in [7, 11) is 0. The van der Waals surface area contributed by atoms with Gasteiger partial charge in [-0.1, -0.05) is 0 Å². The molecule has 8 heteroatoms. The smallest absolute Gasteiger partial charge is 0.326 e. The van der Waals surface area contributed by atoms with Gasteiger partial charge in [-0.15, -0.1) is 0 Å². The molecule has 0 unspecified atom stereocenters. The molecule has 5 N–H and O–H groups in total. The average molecular weight is 253 g/mol. The van der Waals surface area contributed by atoms with Gasteiger partial charge in [0.05, 0.1) is 18.2 Å². The first-order chi connectivity index (χ1) is 8.41. The number of carbonyl (C=O) groups is 3. The van der Waals surface area contributed by atoms with Crippen molar-refractivity contribution in [1.82, 2.24) is 10.3 Å².